The van der Waals surface area contributed by atoms with E-state index in [1.807, 2.05) is 30.6 Å². The normalized spacial score (nSPS) is 30.3. The molecule has 2 aromatic rings. The lowest BCUT2D eigenvalue weighted by molar-refractivity contribution is -0.151. The van der Waals surface area contributed by atoms with Crippen LogP contribution in [0.5, 0.6) is 0 Å². The van der Waals surface area contributed by atoms with Gasteiger partial charge in [0.25, 0.3) is 0 Å². The Morgan fingerprint density at radius 1 is 0.931 bits per heavy atom. The molecular formula is C23H31N5O. The van der Waals surface area contributed by atoms with Gasteiger partial charge in [-0.1, -0.05) is 12.5 Å². The first-order chi connectivity index (χ1) is 14.2. The lowest BCUT2D eigenvalue weighted by Crippen LogP contribution is -2.58. The van der Waals surface area contributed by atoms with Crippen LogP contribution in [0, 0.1) is 11.8 Å². The highest BCUT2D eigenvalue weighted by Crippen LogP contribution is 2.48. The topological polar surface area (TPSA) is 65.4 Å². The monoisotopic (exact) mass is 393 g/mol. The molecule has 29 heavy (non-hydrogen) atoms. The summed E-state index contributed by atoms with van der Waals surface area (Å²) >= 11 is 0. The second-order valence-electron chi connectivity index (χ2n) is 9.00. The first kappa shape index (κ1) is 18.9. The van der Waals surface area contributed by atoms with Crippen molar-refractivity contribution in [1.29, 1.82) is 0 Å². The minimum absolute atomic E-state index is 0.235. The number of piperidine rings is 2. The highest BCUT2D eigenvalue weighted by molar-refractivity contribution is 5.30. The van der Waals surface area contributed by atoms with Gasteiger partial charge in [-0.05, 0) is 44.2 Å². The summed E-state index contributed by atoms with van der Waals surface area (Å²) in [5.41, 5.74) is 1.22. The van der Waals surface area contributed by atoms with E-state index in [-0.39, 0.29) is 11.8 Å². The zero-order chi connectivity index (χ0) is 19.7. The summed E-state index contributed by atoms with van der Waals surface area (Å²) in [5, 5.41) is 11.7. The van der Waals surface area contributed by atoms with Gasteiger partial charge in [-0.3, -0.25) is 9.88 Å². The van der Waals surface area contributed by atoms with Crippen molar-refractivity contribution in [3.63, 3.8) is 0 Å². The highest BCUT2D eigenvalue weighted by Gasteiger charge is 2.52. The van der Waals surface area contributed by atoms with Gasteiger partial charge in [-0.15, -0.1) is 0 Å². The zero-order valence-electron chi connectivity index (χ0n) is 17.1. The Labute approximate surface area is 173 Å². The number of hydrogen-bond acceptors (Lipinski definition) is 6. The van der Waals surface area contributed by atoms with E-state index in [4.69, 9.17) is 0 Å². The maximum absolute atomic E-state index is 11.7. The molecule has 1 unspecified atom stereocenters. The zero-order valence-corrected chi connectivity index (χ0v) is 17.1. The number of rotatable bonds is 4. The number of likely N-dealkylation sites (tertiary alicyclic amines) is 1. The van der Waals surface area contributed by atoms with Crippen LogP contribution in [0.1, 0.15) is 49.8 Å². The molecule has 6 heteroatoms. The first-order valence-corrected chi connectivity index (χ1v) is 11.2. The Morgan fingerprint density at radius 2 is 1.66 bits per heavy atom. The summed E-state index contributed by atoms with van der Waals surface area (Å²) in [6.45, 7) is 4.79. The van der Waals surface area contributed by atoms with Crippen LogP contribution in [-0.4, -0.2) is 51.1 Å². The van der Waals surface area contributed by atoms with Gasteiger partial charge in [0.2, 0.25) is 5.95 Å². The van der Waals surface area contributed by atoms with Crippen LogP contribution in [0.25, 0.3) is 0 Å². The van der Waals surface area contributed by atoms with Crippen molar-refractivity contribution in [2.24, 2.45) is 11.8 Å². The van der Waals surface area contributed by atoms with Crippen LogP contribution in [-0.2, 0) is 12.1 Å². The summed E-state index contributed by atoms with van der Waals surface area (Å²) in [5.74, 6) is 1.34. The second-order valence-corrected chi connectivity index (χ2v) is 9.00. The molecule has 2 aliphatic heterocycles. The first-order valence-electron chi connectivity index (χ1n) is 11.2. The standard InChI is InChI=1S/C23H31N5O/c29-23(21-9-2-3-10-24-21)19-7-6-8-20(23)17-27(16-19)15-18-13-25-22(26-14-18)28-11-4-1-5-12-28/h2-3,9-10,13-14,19-20,29H,1,4-8,11-12,15-17H2/t19-,20+,23?. The molecule has 1 N–H and O–H groups in total. The van der Waals surface area contributed by atoms with Gasteiger partial charge in [-0.2, -0.15) is 0 Å². The van der Waals surface area contributed by atoms with Crippen molar-refractivity contribution in [2.45, 2.75) is 50.7 Å². The summed E-state index contributed by atoms with van der Waals surface area (Å²) in [6, 6.07) is 5.91. The second kappa shape index (κ2) is 8.00. The molecular weight excluding hydrogens is 362 g/mol. The third-order valence-corrected chi connectivity index (χ3v) is 7.12. The highest BCUT2D eigenvalue weighted by atomic mass is 16.3. The molecule has 2 saturated heterocycles. The predicted octanol–water partition coefficient (Wildman–Crippen LogP) is 2.98. The molecule has 5 rings (SSSR count). The van der Waals surface area contributed by atoms with Crippen molar-refractivity contribution in [1.82, 2.24) is 19.9 Å². The smallest absolute Gasteiger partial charge is 0.225 e. The van der Waals surface area contributed by atoms with Crippen LogP contribution in [0.4, 0.5) is 5.95 Å². The molecule has 0 amide bonds. The molecule has 4 heterocycles. The summed E-state index contributed by atoms with van der Waals surface area (Å²) < 4.78 is 0. The van der Waals surface area contributed by atoms with Crippen molar-refractivity contribution >= 4 is 5.95 Å². The third-order valence-electron chi connectivity index (χ3n) is 7.12. The molecule has 2 aromatic heterocycles. The van der Waals surface area contributed by atoms with E-state index >= 15 is 0 Å². The van der Waals surface area contributed by atoms with Crippen LogP contribution in [0.15, 0.2) is 36.8 Å². The Kier molecular flexibility index (Phi) is 5.22. The van der Waals surface area contributed by atoms with Gasteiger partial charge in [0.15, 0.2) is 0 Å². The summed E-state index contributed by atoms with van der Waals surface area (Å²) in [7, 11) is 0. The molecule has 2 bridgehead atoms. The van der Waals surface area contributed by atoms with Crippen molar-refractivity contribution in [3.05, 3.63) is 48.0 Å². The van der Waals surface area contributed by atoms with E-state index in [1.165, 1.54) is 25.7 Å². The van der Waals surface area contributed by atoms with E-state index in [9.17, 15) is 5.11 Å². The lowest BCUT2D eigenvalue weighted by atomic mass is 9.64. The summed E-state index contributed by atoms with van der Waals surface area (Å²) in [6.07, 6.45) is 12.9. The third kappa shape index (κ3) is 3.64. The number of fused-ring (bicyclic) bond motifs is 2. The minimum atomic E-state index is -0.787. The predicted molar refractivity (Wildman–Crippen MR) is 112 cm³/mol. The average molecular weight is 394 g/mol. The maximum atomic E-state index is 11.7. The molecule has 3 aliphatic rings. The molecule has 3 fully saturated rings. The number of aliphatic hydroxyl groups is 1. The van der Waals surface area contributed by atoms with Crippen LogP contribution in [0.3, 0.4) is 0 Å². The van der Waals surface area contributed by atoms with Crippen molar-refractivity contribution < 1.29 is 5.11 Å². The lowest BCUT2D eigenvalue weighted by Gasteiger charge is -2.52. The van der Waals surface area contributed by atoms with E-state index in [2.05, 4.69) is 24.8 Å². The Morgan fingerprint density at radius 3 is 2.31 bits per heavy atom. The number of pyridine rings is 1. The molecule has 1 aliphatic carbocycles. The molecule has 0 spiro atoms. The Bertz CT molecular complexity index is 792. The molecule has 1 saturated carbocycles. The average Bonchev–Trinajstić information content (AvgIpc) is 2.76. The van der Waals surface area contributed by atoms with Crippen LogP contribution < -0.4 is 4.90 Å². The molecule has 154 valence electrons. The molecule has 3 atom stereocenters. The van der Waals surface area contributed by atoms with Crippen molar-refractivity contribution in [2.75, 3.05) is 31.1 Å². The fourth-order valence-electron chi connectivity index (χ4n) is 5.63. The SMILES string of the molecule is OC1(c2ccccn2)[C@@H]2CCC[C@H]1CN(Cc1cnc(N3CCCCC3)nc1)C2. The van der Waals surface area contributed by atoms with Gasteiger partial charge in [0, 0.05) is 68.7 Å². The van der Waals surface area contributed by atoms with Gasteiger partial charge in [-0.25, -0.2) is 9.97 Å². The van der Waals surface area contributed by atoms with Crippen LogP contribution >= 0.6 is 0 Å². The largest absolute Gasteiger partial charge is 0.383 e. The molecule has 0 aromatic carbocycles. The van der Waals surface area contributed by atoms with Crippen molar-refractivity contribution in [3.8, 4) is 0 Å². The maximum Gasteiger partial charge on any atom is 0.225 e. The van der Waals surface area contributed by atoms with Gasteiger partial charge in [0.1, 0.15) is 5.60 Å². The van der Waals surface area contributed by atoms with Crippen LogP contribution in [0.2, 0.25) is 0 Å². The van der Waals surface area contributed by atoms with E-state index in [0.717, 1.165) is 62.8 Å². The number of nitrogens with zero attached hydrogens (tertiary/aromatic N) is 5. The van der Waals surface area contributed by atoms with E-state index in [1.54, 1.807) is 6.20 Å². The number of aromatic nitrogens is 3. The van der Waals surface area contributed by atoms with Gasteiger partial charge >= 0.3 is 0 Å². The van der Waals surface area contributed by atoms with E-state index in [0.29, 0.717) is 0 Å². The quantitative estimate of drug-likeness (QED) is 0.862. The molecule has 0 radical (unpaired) electrons. The fraction of sp³-hybridized carbons (Fsp3) is 0.609. The minimum Gasteiger partial charge on any atom is -0.383 e. The Balaban J connectivity index is 1.28. The van der Waals surface area contributed by atoms with Gasteiger partial charge in [0.05, 0.1) is 5.69 Å². The van der Waals surface area contributed by atoms with E-state index < -0.39 is 5.60 Å². The molecule has 6 nitrogen and oxygen atoms in total. The van der Waals surface area contributed by atoms with Gasteiger partial charge < -0.3 is 10.0 Å². The number of anilines is 1. The number of hydrogen-bond donors (Lipinski definition) is 1. The fourth-order valence-corrected chi connectivity index (χ4v) is 5.63. The Hall–Kier alpha value is -2.05. The summed E-state index contributed by atoms with van der Waals surface area (Å²) in [4.78, 5) is 18.6.